The van der Waals surface area contributed by atoms with Crippen LogP contribution in [0.1, 0.15) is 6.92 Å². The number of para-hydroxylation sites is 1. The summed E-state index contributed by atoms with van der Waals surface area (Å²) in [5.74, 6) is 2.37. The smallest absolute Gasteiger partial charge is 0.326 e. The van der Waals surface area contributed by atoms with Gasteiger partial charge in [0.05, 0.1) is 26.4 Å². The summed E-state index contributed by atoms with van der Waals surface area (Å²) in [7, 11) is 3.15. The zero-order valence-electron chi connectivity index (χ0n) is 14.3. The first-order valence-electron chi connectivity index (χ1n) is 7.80. The Kier molecular flexibility index (Phi) is 5.03. The fourth-order valence-electron chi connectivity index (χ4n) is 2.37. The molecule has 0 aliphatic heterocycles. The highest BCUT2D eigenvalue weighted by atomic mass is 16.5. The molecule has 3 rings (SSSR count). The van der Waals surface area contributed by atoms with Gasteiger partial charge in [-0.1, -0.05) is 11.2 Å². The molecule has 2 aromatic carbocycles. The quantitative estimate of drug-likeness (QED) is 0.698. The molecule has 0 atom stereocenters. The van der Waals surface area contributed by atoms with E-state index in [1.807, 2.05) is 49.4 Å². The summed E-state index contributed by atoms with van der Waals surface area (Å²) in [6.45, 7) is 2.57. The van der Waals surface area contributed by atoms with E-state index in [9.17, 15) is 0 Å². The van der Waals surface area contributed by atoms with Gasteiger partial charge in [0.25, 0.3) is 0 Å². The molecule has 0 fully saturated rings. The number of nitrogens with one attached hydrogen (secondary N) is 1. The third-order valence-electron chi connectivity index (χ3n) is 3.49. The van der Waals surface area contributed by atoms with Crippen molar-refractivity contribution >= 4 is 11.7 Å². The first kappa shape index (κ1) is 16.6. The molecule has 0 aliphatic carbocycles. The second-order valence-electron chi connectivity index (χ2n) is 5.05. The lowest BCUT2D eigenvalue weighted by molar-refractivity contribution is 0.340. The zero-order chi connectivity index (χ0) is 17.6. The average Bonchev–Trinajstić information content (AvgIpc) is 3.11. The molecule has 0 saturated heterocycles. The van der Waals surface area contributed by atoms with E-state index >= 15 is 0 Å². The third-order valence-corrected chi connectivity index (χ3v) is 3.49. The summed E-state index contributed by atoms with van der Waals surface area (Å²) < 4.78 is 21.4. The second kappa shape index (κ2) is 7.57. The predicted octanol–water partition coefficient (Wildman–Crippen LogP) is 3.90. The van der Waals surface area contributed by atoms with Gasteiger partial charge in [0.2, 0.25) is 5.82 Å². The van der Waals surface area contributed by atoms with E-state index in [0.717, 1.165) is 11.4 Å². The molecule has 130 valence electrons. The molecular formula is C18H19N3O4. The standard InChI is InChI=1S/C18H19N3O4/c1-4-24-13-10-8-12(9-11-13)19-18-20-17(21-25-18)14-6-5-7-15(22-2)16(14)23-3/h5-11H,4H2,1-3H3,(H,19,20,21). The molecule has 0 unspecified atom stereocenters. The number of rotatable bonds is 7. The fraction of sp³-hybridized carbons (Fsp3) is 0.222. The maximum atomic E-state index is 5.42. The number of ether oxygens (including phenoxy) is 3. The summed E-state index contributed by atoms with van der Waals surface area (Å²) in [6.07, 6.45) is 0. The summed E-state index contributed by atoms with van der Waals surface area (Å²) in [4.78, 5) is 4.36. The fourth-order valence-corrected chi connectivity index (χ4v) is 2.37. The van der Waals surface area contributed by atoms with E-state index < -0.39 is 0 Å². The number of benzene rings is 2. The van der Waals surface area contributed by atoms with Gasteiger partial charge in [0.1, 0.15) is 5.75 Å². The molecule has 0 amide bonds. The summed E-state index contributed by atoms with van der Waals surface area (Å²) in [5.41, 5.74) is 1.50. The Morgan fingerprint density at radius 3 is 2.52 bits per heavy atom. The van der Waals surface area contributed by atoms with Crippen LogP contribution in [0.4, 0.5) is 11.7 Å². The lowest BCUT2D eigenvalue weighted by Crippen LogP contribution is -1.95. The van der Waals surface area contributed by atoms with Crippen LogP contribution in [0.2, 0.25) is 0 Å². The van der Waals surface area contributed by atoms with E-state index in [1.54, 1.807) is 14.2 Å². The molecule has 0 spiro atoms. The number of hydrogen-bond acceptors (Lipinski definition) is 7. The second-order valence-corrected chi connectivity index (χ2v) is 5.05. The SMILES string of the molecule is CCOc1ccc(Nc2nc(-c3cccc(OC)c3OC)no2)cc1. The zero-order valence-corrected chi connectivity index (χ0v) is 14.3. The highest BCUT2D eigenvalue weighted by molar-refractivity contribution is 5.69. The van der Waals surface area contributed by atoms with Gasteiger partial charge < -0.3 is 24.1 Å². The maximum absolute atomic E-state index is 5.42. The largest absolute Gasteiger partial charge is 0.494 e. The van der Waals surface area contributed by atoms with Crippen molar-refractivity contribution in [3.63, 3.8) is 0 Å². The van der Waals surface area contributed by atoms with Crippen molar-refractivity contribution < 1.29 is 18.7 Å². The van der Waals surface area contributed by atoms with Gasteiger partial charge in [0, 0.05) is 5.69 Å². The first-order valence-corrected chi connectivity index (χ1v) is 7.80. The summed E-state index contributed by atoms with van der Waals surface area (Å²) in [5, 5.41) is 7.07. The molecule has 3 aromatic rings. The molecule has 1 heterocycles. The minimum Gasteiger partial charge on any atom is -0.494 e. The Labute approximate surface area is 145 Å². The lowest BCUT2D eigenvalue weighted by atomic mass is 10.2. The van der Waals surface area contributed by atoms with Crippen LogP contribution in [0.5, 0.6) is 17.2 Å². The van der Waals surface area contributed by atoms with Crippen LogP contribution in [0.3, 0.4) is 0 Å². The van der Waals surface area contributed by atoms with Gasteiger partial charge in [0.15, 0.2) is 11.5 Å². The van der Waals surface area contributed by atoms with Crippen LogP contribution in [0, 0.1) is 0 Å². The van der Waals surface area contributed by atoms with Crippen LogP contribution in [-0.2, 0) is 0 Å². The molecule has 25 heavy (non-hydrogen) atoms. The Hall–Kier alpha value is -3.22. The highest BCUT2D eigenvalue weighted by Crippen LogP contribution is 2.36. The minimum atomic E-state index is 0.282. The Balaban J connectivity index is 1.81. The third kappa shape index (κ3) is 3.65. The van der Waals surface area contributed by atoms with Gasteiger partial charge in [-0.3, -0.25) is 0 Å². The van der Waals surface area contributed by atoms with Crippen molar-refractivity contribution in [3.05, 3.63) is 42.5 Å². The molecule has 7 heteroatoms. The van der Waals surface area contributed by atoms with Crippen LogP contribution < -0.4 is 19.5 Å². The number of methoxy groups -OCH3 is 2. The average molecular weight is 341 g/mol. The van der Waals surface area contributed by atoms with Gasteiger partial charge in [-0.2, -0.15) is 4.98 Å². The van der Waals surface area contributed by atoms with Gasteiger partial charge >= 0.3 is 6.01 Å². The van der Waals surface area contributed by atoms with Crippen molar-refractivity contribution in [2.24, 2.45) is 0 Å². The number of anilines is 2. The maximum Gasteiger partial charge on any atom is 0.326 e. The van der Waals surface area contributed by atoms with Crippen LogP contribution >= 0.6 is 0 Å². The lowest BCUT2D eigenvalue weighted by Gasteiger charge is -2.09. The monoisotopic (exact) mass is 341 g/mol. The highest BCUT2D eigenvalue weighted by Gasteiger charge is 2.16. The van der Waals surface area contributed by atoms with Crippen molar-refractivity contribution in [1.82, 2.24) is 10.1 Å². The minimum absolute atomic E-state index is 0.282. The van der Waals surface area contributed by atoms with Gasteiger partial charge in [-0.25, -0.2) is 0 Å². The Bertz CT molecular complexity index is 831. The first-order chi connectivity index (χ1) is 12.2. The Morgan fingerprint density at radius 2 is 1.84 bits per heavy atom. The molecule has 0 bridgehead atoms. The van der Waals surface area contributed by atoms with E-state index in [4.69, 9.17) is 18.7 Å². The Morgan fingerprint density at radius 1 is 1.04 bits per heavy atom. The molecule has 1 N–H and O–H groups in total. The normalized spacial score (nSPS) is 10.4. The summed E-state index contributed by atoms with van der Waals surface area (Å²) >= 11 is 0. The number of aromatic nitrogens is 2. The number of nitrogens with zero attached hydrogens (tertiary/aromatic N) is 2. The van der Waals surface area contributed by atoms with Crippen LogP contribution in [0.15, 0.2) is 47.0 Å². The van der Waals surface area contributed by atoms with Crippen molar-refractivity contribution in [3.8, 4) is 28.6 Å². The van der Waals surface area contributed by atoms with Gasteiger partial charge in [-0.05, 0) is 43.3 Å². The van der Waals surface area contributed by atoms with Crippen molar-refractivity contribution in [2.45, 2.75) is 6.92 Å². The van der Waals surface area contributed by atoms with Gasteiger partial charge in [-0.15, -0.1) is 0 Å². The molecule has 1 aromatic heterocycles. The predicted molar refractivity (Wildman–Crippen MR) is 93.7 cm³/mol. The van der Waals surface area contributed by atoms with Crippen molar-refractivity contribution in [1.29, 1.82) is 0 Å². The molecule has 0 aliphatic rings. The summed E-state index contributed by atoms with van der Waals surface area (Å²) in [6, 6.07) is 13.3. The molecule has 0 radical (unpaired) electrons. The molecule has 0 saturated carbocycles. The van der Waals surface area contributed by atoms with Crippen LogP contribution in [0.25, 0.3) is 11.4 Å². The van der Waals surface area contributed by atoms with E-state index in [0.29, 0.717) is 29.5 Å². The molecular weight excluding hydrogens is 322 g/mol. The van der Waals surface area contributed by atoms with E-state index in [-0.39, 0.29) is 6.01 Å². The number of hydrogen-bond donors (Lipinski definition) is 1. The van der Waals surface area contributed by atoms with Crippen molar-refractivity contribution in [2.75, 3.05) is 26.1 Å². The van der Waals surface area contributed by atoms with Crippen LogP contribution in [-0.4, -0.2) is 31.0 Å². The topological polar surface area (TPSA) is 78.6 Å². The van der Waals surface area contributed by atoms with E-state index in [2.05, 4.69) is 15.5 Å². The van der Waals surface area contributed by atoms with E-state index in [1.165, 1.54) is 0 Å². The molecule has 7 nitrogen and oxygen atoms in total.